The summed E-state index contributed by atoms with van der Waals surface area (Å²) in [5.41, 5.74) is 2.50. The van der Waals surface area contributed by atoms with E-state index in [0.717, 1.165) is 30.7 Å². The van der Waals surface area contributed by atoms with E-state index < -0.39 is 11.7 Å². The fraction of sp³-hybridized carbons (Fsp3) is 0.368. The molecule has 1 aromatic heterocycles. The smallest absolute Gasteiger partial charge is 0.354 e. The number of Topliss-reactive ketones (excluding diaryl/α,β-unsaturated/α-hetero) is 1. The summed E-state index contributed by atoms with van der Waals surface area (Å²) in [6.45, 7) is 2.05. The second-order valence-corrected chi connectivity index (χ2v) is 6.46. The molecule has 1 amide bonds. The molecule has 0 aliphatic heterocycles. The van der Waals surface area contributed by atoms with Gasteiger partial charge in [0, 0.05) is 24.2 Å². The lowest BCUT2D eigenvalue weighted by Gasteiger charge is -2.09. The normalized spacial score (nSPS) is 14.2. The highest BCUT2D eigenvalue weighted by molar-refractivity contribution is 6.04. The molecule has 0 spiro atoms. The maximum absolute atomic E-state index is 12.5. The van der Waals surface area contributed by atoms with Crippen molar-refractivity contribution in [2.24, 2.45) is 0 Å². The highest BCUT2D eigenvalue weighted by Gasteiger charge is 2.30. The van der Waals surface area contributed by atoms with E-state index in [-0.39, 0.29) is 11.7 Å². The number of ketones is 1. The minimum Gasteiger partial charge on any atom is -0.354 e. The molecule has 1 aliphatic carbocycles. The van der Waals surface area contributed by atoms with Crippen molar-refractivity contribution in [2.75, 3.05) is 6.54 Å². The molecule has 138 valence electrons. The molecule has 0 radical (unpaired) electrons. The second-order valence-electron chi connectivity index (χ2n) is 6.46. The number of carbonyl (C=O) groups excluding carboxylic acids is 2. The molecule has 1 aromatic carbocycles. The Morgan fingerprint density at radius 2 is 1.88 bits per heavy atom. The number of amides is 1. The largest absolute Gasteiger partial charge is 0.416 e. The third kappa shape index (κ3) is 3.66. The molecule has 0 bridgehead atoms. The Balaban J connectivity index is 1.61. The quantitative estimate of drug-likeness (QED) is 0.866. The Labute approximate surface area is 148 Å². The number of fused-ring (bicyclic) bond motifs is 1. The molecule has 1 heterocycles. The number of H-pyrrole nitrogens is 1. The van der Waals surface area contributed by atoms with Crippen LogP contribution in [0.15, 0.2) is 24.3 Å². The van der Waals surface area contributed by atoms with Crippen molar-refractivity contribution < 1.29 is 22.8 Å². The Morgan fingerprint density at radius 1 is 1.19 bits per heavy atom. The molecule has 26 heavy (non-hydrogen) atoms. The van der Waals surface area contributed by atoms with Crippen molar-refractivity contribution in [3.8, 4) is 0 Å². The topological polar surface area (TPSA) is 62.0 Å². The number of aryl methyl sites for hydroxylation is 1. The van der Waals surface area contributed by atoms with Gasteiger partial charge in [0.15, 0.2) is 5.78 Å². The summed E-state index contributed by atoms with van der Waals surface area (Å²) in [7, 11) is 0. The van der Waals surface area contributed by atoms with E-state index in [1.165, 1.54) is 12.1 Å². The van der Waals surface area contributed by atoms with E-state index in [4.69, 9.17) is 0 Å². The first-order valence-corrected chi connectivity index (χ1v) is 8.46. The number of halogens is 3. The minimum atomic E-state index is -4.35. The van der Waals surface area contributed by atoms with E-state index in [1.54, 1.807) is 6.92 Å². The molecular formula is C19H19F3N2O2. The summed E-state index contributed by atoms with van der Waals surface area (Å²) in [5.74, 6) is -0.250. The standard InChI is InChI=1S/C19H19F3N2O2/c1-11-16-14(3-2-4-15(16)25)24-17(11)18(26)23-10-9-12-5-7-13(8-6-12)19(20,21)22/h5-8,24H,2-4,9-10H2,1H3,(H,23,26). The van der Waals surface area contributed by atoms with Gasteiger partial charge in [-0.1, -0.05) is 12.1 Å². The fourth-order valence-corrected chi connectivity index (χ4v) is 3.27. The van der Waals surface area contributed by atoms with Crippen molar-refractivity contribution in [1.29, 1.82) is 0 Å². The Morgan fingerprint density at radius 3 is 2.50 bits per heavy atom. The summed E-state index contributed by atoms with van der Waals surface area (Å²) in [6, 6.07) is 4.89. The van der Waals surface area contributed by atoms with E-state index in [2.05, 4.69) is 10.3 Å². The van der Waals surface area contributed by atoms with Gasteiger partial charge in [0.1, 0.15) is 5.69 Å². The number of hydrogen-bond acceptors (Lipinski definition) is 2. The van der Waals surface area contributed by atoms with Crippen LogP contribution >= 0.6 is 0 Å². The zero-order valence-corrected chi connectivity index (χ0v) is 14.3. The van der Waals surface area contributed by atoms with Crippen LogP contribution in [0.3, 0.4) is 0 Å². The van der Waals surface area contributed by atoms with E-state index in [1.807, 2.05) is 0 Å². The third-order valence-electron chi connectivity index (χ3n) is 4.64. The van der Waals surface area contributed by atoms with Crippen LogP contribution in [-0.4, -0.2) is 23.2 Å². The lowest BCUT2D eigenvalue weighted by Crippen LogP contribution is -2.26. The molecule has 7 heteroatoms. The van der Waals surface area contributed by atoms with Gasteiger partial charge in [-0.05, 0) is 49.4 Å². The van der Waals surface area contributed by atoms with Crippen LogP contribution in [0.5, 0.6) is 0 Å². The van der Waals surface area contributed by atoms with Crippen LogP contribution in [0.2, 0.25) is 0 Å². The zero-order chi connectivity index (χ0) is 18.9. The Bertz CT molecular complexity index is 836. The number of benzene rings is 1. The van der Waals surface area contributed by atoms with Crippen LogP contribution in [-0.2, 0) is 19.0 Å². The number of nitrogens with one attached hydrogen (secondary N) is 2. The lowest BCUT2D eigenvalue weighted by molar-refractivity contribution is -0.137. The van der Waals surface area contributed by atoms with Crippen molar-refractivity contribution >= 4 is 11.7 Å². The van der Waals surface area contributed by atoms with Gasteiger partial charge >= 0.3 is 6.18 Å². The molecule has 2 aromatic rings. The van der Waals surface area contributed by atoms with Gasteiger partial charge in [-0.3, -0.25) is 9.59 Å². The van der Waals surface area contributed by atoms with Crippen LogP contribution in [0, 0.1) is 6.92 Å². The molecule has 3 rings (SSSR count). The number of aromatic amines is 1. The Kier molecular flexibility index (Phi) is 4.89. The van der Waals surface area contributed by atoms with Gasteiger partial charge in [-0.15, -0.1) is 0 Å². The van der Waals surface area contributed by atoms with Gasteiger partial charge in [0.2, 0.25) is 0 Å². The minimum absolute atomic E-state index is 0.0591. The molecule has 0 atom stereocenters. The van der Waals surface area contributed by atoms with E-state index in [9.17, 15) is 22.8 Å². The number of rotatable bonds is 4. The van der Waals surface area contributed by atoms with Gasteiger partial charge in [0.05, 0.1) is 5.56 Å². The van der Waals surface area contributed by atoms with Gasteiger partial charge in [-0.2, -0.15) is 13.2 Å². The van der Waals surface area contributed by atoms with Crippen molar-refractivity contribution in [3.05, 3.63) is 57.9 Å². The molecule has 2 N–H and O–H groups in total. The van der Waals surface area contributed by atoms with E-state index >= 15 is 0 Å². The molecule has 0 saturated carbocycles. The third-order valence-corrected chi connectivity index (χ3v) is 4.64. The average molecular weight is 364 g/mol. The molecular weight excluding hydrogens is 345 g/mol. The zero-order valence-electron chi connectivity index (χ0n) is 14.3. The molecule has 0 fully saturated rings. The molecule has 0 unspecified atom stereocenters. The second kappa shape index (κ2) is 6.97. The monoisotopic (exact) mass is 364 g/mol. The summed E-state index contributed by atoms with van der Waals surface area (Å²) in [5, 5.41) is 2.75. The van der Waals surface area contributed by atoms with Crippen LogP contribution in [0.4, 0.5) is 13.2 Å². The number of hydrogen-bond donors (Lipinski definition) is 2. The predicted molar refractivity (Wildman–Crippen MR) is 90.3 cm³/mol. The average Bonchev–Trinajstić information content (AvgIpc) is 2.93. The summed E-state index contributed by atoms with van der Waals surface area (Å²) >= 11 is 0. The van der Waals surface area contributed by atoms with Crippen LogP contribution in [0.25, 0.3) is 0 Å². The first-order chi connectivity index (χ1) is 12.3. The summed E-state index contributed by atoms with van der Waals surface area (Å²) in [6.07, 6.45) is -1.90. The van der Waals surface area contributed by atoms with Gasteiger partial charge < -0.3 is 10.3 Å². The maximum Gasteiger partial charge on any atom is 0.416 e. The summed E-state index contributed by atoms with van der Waals surface area (Å²) in [4.78, 5) is 27.4. The first kappa shape index (κ1) is 18.2. The lowest BCUT2D eigenvalue weighted by atomic mass is 9.94. The van der Waals surface area contributed by atoms with Gasteiger partial charge in [-0.25, -0.2) is 0 Å². The summed E-state index contributed by atoms with van der Waals surface area (Å²) < 4.78 is 37.6. The van der Waals surface area contributed by atoms with Crippen LogP contribution in [0.1, 0.15) is 56.1 Å². The van der Waals surface area contributed by atoms with Crippen molar-refractivity contribution in [3.63, 3.8) is 0 Å². The number of alkyl halides is 3. The van der Waals surface area contributed by atoms with Gasteiger partial charge in [0.25, 0.3) is 5.91 Å². The van der Waals surface area contributed by atoms with Crippen molar-refractivity contribution in [1.82, 2.24) is 10.3 Å². The SMILES string of the molecule is Cc1c(C(=O)NCCc2ccc(C(F)(F)F)cc2)[nH]c2c1C(=O)CCC2. The maximum atomic E-state index is 12.5. The number of carbonyl (C=O) groups is 2. The first-order valence-electron chi connectivity index (χ1n) is 8.46. The highest BCUT2D eigenvalue weighted by Crippen LogP contribution is 2.29. The highest BCUT2D eigenvalue weighted by atomic mass is 19.4. The fourth-order valence-electron chi connectivity index (χ4n) is 3.27. The van der Waals surface area contributed by atoms with Crippen molar-refractivity contribution in [2.45, 2.75) is 38.8 Å². The van der Waals surface area contributed by atoms with E-state index in [0.29, 0.717) is 41.8 Å². The molecule has 4 nitrogen and oxygen atoms in total. The molecule has 1 aliphatic rings. The van der Waals surface area contributed by atoms with Crippen LogP contribution < -0.4 is 5.32 Å². The number of aromatic nitrogens is 1. The molecule has 0 saturated heterocycles. The predicted octanol–water partition coefficient (Wildman–Crippen LogP) is 3.83. The Hall–Kier alpha value is -2.57.